The van der Waals surface area contributed by atoms with Crippen LogP contribution in [0.1, 0.15) is 11.3 Å². The Morgan fingerprint density at radius 1 is 1.14 bits per heavy atom. The summed E-state index contributed by atoms with van der Waals surface area (Å²) in [5.41, 5.74) is 2.86. The number of nitrogens with zero attached hydrogens (tertiary/aromatic N) is 2. The van der Waals surface area contributed by atoms with Gasteiger partial charge < -0.3 is 10.3 Å². The first-order chi connectivity index (χ1) is 14.0. The van der Waals surface area contributed by atoms with E-state index in [2.05, 4.69) is 15.3 Å². The first-order valence-corrected chi connectivity index (χ1v) is 11.5. The molecule has 0 unspecified atom stereocenters. The molecule has 1 aliphatic heterocycles. The number of aromatic nitrogens is 2. The number of H-pyrrole nitrogens is 1. The van der Waals surface area contributed by atoms with Crippen LogP contribution in [-0.2, 0) is 27.6 Å². The second kappa shape index (κ2) is 8.34. The van der Waals surface area contributed by atoms with Crippen molar-refractivity contribution >= 4 is 26.6 Å². The summed E-state index contributed by atoms with van der Waals surface area (Å²) in [4.78, 5) is 22.6. The molecular weight excluding hydrogens is 388 g/mol. The van der Waals surface area contributed by atoms with Crippen molar-refractivity contribution in [2.24, 2.45) is 0 Å². The SMILES string of the molecule is O=C(NCc1ccccn1)[C@H](Cc1c[nH]c2ccccc12)N1CCS(=O)(=O)CC1. The third-order valence-electron chi connectivity index (χ3n) is 5.38. The van der Waals surface area contributed by atoms with E-state index in [4.69, 9.17) is 0 Å². The highest BCUT2D eigenvalue weighted by molar-refractivity contribution is 7.91. The molecule has 1 fully saturated rings. The smallest absolute Gasteiger partial charge is 0.238 e. The second-order valence-corrected chi connectivity index (χ2v) is 9.61. The van der Waals surface area contributed by atoms with Crippen LogP contribution >= 0.6 is 0 Å². The minimum Gasteiger partial charge on any atom is -0.361 e. The molecule has 152 valence electrons. The quantitative estimate of drug-likeness (QED) is 0.640. The van der Waals surface area contributed by atoms with Gasteiger partial charge in [-0.15, -0.1) is 0 Å². The molecule has 3 heterocycles. The van der Waals surface area contributed by atoms with Crippen molar-refractivity contribution in [1.29, 1.82) is 0 Å². The Bertz CT molecular complexity index is 1080. The molecule has 0 spiro atoms. The second-order valence-electron chi connectivity index (χ2n) is 7.31. The topological polar surface area (TPSA) is 95.2 Å². The fraction of sp³-hybridized carbons (Fsp3) is 0.333. The van der Waals surface area contributed by atoms with E-state index in [1.807, 2.05) is 53.6 Å². The maximum Gasteiger partial charge on any atom is 0.238 e. The highest BCUT2D eigenvalue weighted by atomic mass is 32.2. The van der Waals surface area contributed by atoms with Gasteiger partial charge in [0.1, 0.15) is 0 Å². The summed E-state index contributed by atoms with van der Waals surface area (Å²) in [5.74, 6) is 0.0655. The first-order valence-electron chi connectivity index (χ1n) is 9.69. The number of sulfone groups is 1. The Kier molecular flexibility index (Phi) is 5.64. The van der Waals surface area contributed by atoms with Gasteiger partial charge in [0.2, 0.25) is 5.91 Å². The number of carbonyl (C=O) groups is 1. The van der Waals surface area contributed by atoms with Crippen LogP contribution in [-0.4, -0.2) is 59.8 Å². The third kappa shape index (κ3) is 4.65. The lowest BCUT2D eigenvalue weighted by molar-refractivity contribution is -0.126. The fourth-order valence-corrected chi connectivity index (χ4v) is 4.96. The third-order valence-corrected chi connectivity index (χ3v) is 6.99. The van der Waals surface area contributed by atoms with Gasteiger partial charge in [0, 0.05) is 36.4 Å². The van der Waals surface area contributed by atoms with Gasteiger partial charge in [0.15, 0.2) is 9.84 Å². The molecule has 4 rings (SSSR count). The Morgan fingerprint density at radius 2 is 1.90 bits per heavy atom. The summed E-state index contributed by atoms with van der Waals surface area (Å²) in [6.45, 7) is 1.08. The normalized spacial score (nSPS) is 17.8. The lowest BCUT2D eigenvalue weighted by atomic mass is 10.0. The number of rotatable bonds is 6. The van der Waals surface area contributed by atoms with Crippen molar-refractivity contribution in [1.82, 2.24) is 20.2 Å². The average Bonchev–Trinajstić information content (AvgIpc) is 3.14. The van der Waals surface area contributed by atoms with Crippen LogP contribution in [0.15, 0.2) is 54.9 Å². The summed E-state index contributed by atoms with van der Waals surface area (Å²) >= 11 is 0. The fourth-order valence-electron chi connectivity index (χ4n) is 3.73. The van der Waals surface area contributed by atoms with Gasteiger partial charge >= 0.3 is 0 Å². The number of pyridine rings is 1. The van der Waals surface area contributed by atoms with Crippen LogP contribution in [0, 0.1) is 0 Å². The van der Waals surface area contributed by atoms with Crippen molar-refractivity contribution in [2.45, 2.75) is 19.0 Å². The molecule has 1 saturated heterocycles. The molecule has 0 bridgehead atoms. The van der Waals surface area contributed by atoms with Crippen molar-refractivity contribution in [3.63, 3.8) is 0 Å². The zero-order chi connectivity index (χ0) is 20.3. The van der Waals surface area contributed by atoms with Gasteiger partial charge in [0.25, 0.3) is 0 Å². The van der Waals surface area contributed by atoms with Crippen LogP contribution in [0.4, 0.5) is 0 Å². The van der Waals surface area contributed by atoms with E-state index in [0.29, 0.717) is 26.1 Å². The Labute approximate surface area is 170 Å². The standard InChI is InChI=1S/C21H24N4O3S/c26-21(24-15-17-5-3-4-8-22-17)20(25-9-11-29(27,28)12-10-25)13-16-14-23-19-7-2-1-6-18(16)19/h1-8,14,20,23H,9-13,15H2,(H,24,26)/t20-/m0/s1. The van der Waals surface area contributed by atoms with E-state index < -0.39 is 15.9 Å². The van der Waals surface area contributed by atoms with Crippen molar-refractivity contribution in [3.8, 4) is 0 Å². The maximum absolute atomic E-state index is 13.1. The van der Waals surface area contributed by atoms with Crippen LogP contribution in [0.5, 0.6) is 0 Å². The number of fused-ring (bicyclic) bond motifs is 1. The van der Waals surface area contributed by atoms with Gasteiger partial charge in [-0.25, -0.2) is 8.42 Å². The van der Waals surface area contributed by atoms with Crippen LogP contribution in [0.2, 0.25) is 0 Å². The number of hydrogen-bond acceptors (Lipinski definition) is 5. The summed E-state index contributed by atoms with van der Waals surface area (Å²) in [7, 11) is -3.02. The number of hydrogen-bond donors (Lipinski definition) is 2. The van der Waals surface area contributed by atoms with Gasteiger partial charge in [0.05, 0.1) is 29.8 Å². The van der Waals surface area contributed by atoms with E-state index in [1.54, 1.807) is 6.20 Å². The molecule has 2 N–H and O–H groups in total. The zero-order valence-electron chi connectivity index (χ0n) is 16.0. The van der Waals surface area contributed by atoms with Crippen molar-refractivity contribution < 1.29 is 13.2 Å². The average molecular weight is 413 g/mol. The zero-order valence-corrected chi connectivity index (χ0v) is 16.9. The Balaban J connectivity index is 1.54. The highest BCUT2D eigenvalue weighted by Crippen LogP contribution is 2.21. The largest absolute Gasteiger partial charge is 0.361 e. The van der Waals surface area contributed by atoms with E-state index in [0.717, 1.165) is 22.2 Å². The Morgan fingerprint density at radius 3 is 2.66 bits per heavy atom. The van der Waals surface area contributed by atoms with Crippen molar-refractivity contribution in [3.05, 3.63) is 66.1 Å². The maximum atomic E-state index is 13.1. The number of aromatic amines is 1. The molecular formula is C21H24N4O3S. The molecule has 0 radical (unpaired) electrons. The van der Waals surface area contributed by atoms with Crippen LogP contribution in [0.3, 0.4) is 0 Å². The predicted octanol–water partition coefficient (Wildman–Crippen LogP) is 1.52. The van der Waals surface area contributed by atoms with E-state index in [-0.39, 0.29) is 17.4 Å². The van der Waals surface area contributed by atoms with Gasteiger partial charge in [-0.05, 0) is 30.2 Å². The summed E-state index contributed by atoms with van der Waals surface area (Å²) in [5, 5.41) is 4.06. The number of carbonyl (C=O) groups excluding carboxylic acids is 1. The molecule has 1 aromatic carbocycles. The van der Waals surface area contributed by atoms with Gasteiger partial charge in [-0.1, -0.05) is 24.3 Å². The molecule has 1 aliphatic rings. The minimum atomic E-state index is -3.02. The summed E-state index contributed by atoms with van der Waals surface area (Å²) in [6, 6.07) is 13.1. The molecule has 29 heavy (non-hydrogen) atoms. The highest BCUT2D eigenvalue weighted by Gasteiger charge is 2.32. The van der Waals surface area contributed by atoms with E-state index >= 15 is 0 Å². The van der Waals surface area contributed by atoms with E-state index in [9.17, 15) is 13.2 Å². The number of para-hydroxylation sites is 1. The van der Waals surface area contributed by atoms with Crippen LogP contribution in [0.25, 0.3) is 10.9 Å². The van der Waals surface area contributed by atoms with Gasteiger partial charge in [-0.3, -0.25) is 14.7 Å². The number of nitrogens with one attached hydrogen (secondary N) is 2. The lowest BCUT2D eigenvalue weighted by Crippen LogP contribution is -2.53. The number of amides is 1. The molecule has 7 nitrogen and oxygen atoms in total. The Hall–Kier alpha value is -2.71. The number of benzene rings is 1. The van der Waals surface area contributed by atoms with Gasteiger partial charge in [-0.2, -0.15) is 0 Å². The first kappa shape index (κ1) is 19.6. The lowest BCUT2D eigenvalue weighted by Gasteiger charge is -2.33. The predicted molar refractivity (Wildman–Crippen MR) is 112 cm³/mol. The molecule has 0 aliphatic carbocycles. The molecule has 3 aromatic rings. The summed E-state index contributed by atoms with van der Waals surface area (Å²) < 4.78 is 23.7. The molecule has 0 saturated carbocycles. The van der Waals surface area contributed by atoms with E-state index in [1.165, 1.54) is 0 Å². The molecule has 1 amide bonds. The molecule has 1 atom stereocenters. The molecule has 8 heteroatoms. The molecule has 2 aromatic heterocycles. The summed E-state index contributed by atoms with van der Waals surface area (Å²) in [6.07, 6.45) is 4.14. The van der Waals surface area contributed by atoms with Crippen LogP contribution < -0.4 is 5.32 Å². The van der Waals surface area contributed by atoms with Crippen molar-refractivity contribution in [2.75, 3.05) is 24.6 Å². The minimum absolute atomic E-state index is 0.0882. The monoisotopic (exact) mass is 412 g/mol.